The average Bonchev–Trinajstić information content (AvgIpc) is 2.43. The van der Waals surface area contributed by atoms with Crippen LogP contribution in [-0.4, -0.2) is 37.6 Å². The number of halogens is 1. The highest BCUT2D eigenvalue weighted by Crippen LogP contribution is 2.11. The lowest BCUT2D eigenvalue weighted by Crippen LogP contribution is -2.28. The number of esters is 1. The first-order valence-electron chi connectivity index (χ1n) is 6.26. The smallest absolute Gasteiger partial charge is 0.351 e. The number of ether oxygens (including phenoxy) is 4. The first kappa shape index (κ1) is 16.0. The summed E-state index contributed by atoms with van der Waals surface area (Å²) in [6.07, 6.45) is 7.94. The molecule has 6 heteroatoms. The van der Waals surface area contributed by atoms with Crippen LogP contribution in [0, 0.1) is 0 Å². The van der Waals surface area contributed by atoms with E-state index in [2.05, 4.69) is 6.92 Å². The fraction of sp³-hybridized carbons (Fsp3) is 0.615. The molecular weight excluding hydrogens is 272 g/mol. The molecule has 0 aromatic carbocycles. The summed E-state index contributed by atoms with van der Waals surface area (Å²) in [6, 6.07) is 0. The molecule has 0 aromatic heterocycles. The quantitative estimate of drug-likeness (QED) is 0.371. The van der Waals surface area contributed by atoms with E-state index in [0.29, 0.717) is 13.2 Å². The SMILES string of the molecule is CCCCOCCOC(=O)C(Cl)OC1C=CC=CO1. The van der Waals surface area contributed by atoms with Gasteiger partial charge in [-0.3, -0.25) is 0 Å². The summed E-state index contributed by atoms with van der Waals surface area (Å²) >= 11 is 5.75. The van der Waals surface area contributed by atoms with Crippen LogP contribution in [0.25, 0.3) is 0 Å². The summed E-state index contributed by atoms with van der Waals surface area (Å²) < 4.78 is 20.4. The Kier molecular flexibility index (Phi) is 8.29. The Morgan fingerprint density at radius 1 is 1.37 bits per heavy atom. The number of hydrogen-bond donors (Lipinski definition) is 0. The second kappa shape index (κ2) is 9.83. The summed E-state index contributed by atoms with van der Waals surface area (Å²) in [5, 5.41) is 0. The van der Waals surface area contributed by atoms with E-state index in [1.165, 1.54) is 6.26 Å². The minimum atomic E-state index is -1.20. The van der Waals surface area contributed by atoms with Gasteiger partial charge in [0, 0.05) is 6.61 Å². The van der Waals surface area contributed by atoms with Crippen LogP contribution in [0.15, 0.2) is 24.5 Å². The van der Waals surface area contributed by atoms with E-state index in [0.717, 1.165) is 12.8 Å². The number of hydrogen-bond acceptors (Lipinski definition) is 5. The lowest BCUT2D eigenvalue weighted by Gasteiger charge is -2.18. The monoisotopic (exact) mass is 290 g/mol. The first-order valence-corrected chi connectivity index (χ1v) is 6.70. The van der Waals surface area contributed by atoms with Gasteiger partial charge in [-0.15, -0.1) is 0 Å². The standard InChI is InChI=1S/C13H19ClO5/c1-2-3-7-16-9-10-18-13(15)12(14)19-11-6-4-5-8-17-11/h4-6,8,11-12H,2-3,7,9-10H2,1H3. The van der Waals surface area contributed by atoms with Crippen molar-refractivity contribution >= 4 is 17.6 Å². The highest BCUT2D eigenvalue weighted by atomic mass is 35.5. The van der Waals surface area contributed by atoms with E-state index in [9.17, 15) is 4.79 Å². The third-order valence-corrected chi connectivity index (χ3v) is 2.50. The van der Waals surface area contributed by atoms with Gasteiger partial charge in [-0.05, 0) is 18.6 Å². The zero-order chi connectivity index (χ0) is 13.9. The number of carbonyl (C=O) groups is 1. The third kappa shape index (κ3) is 7.20. The van der Waals surface area contributed by atoms with Crippen LogP contribution in [-0.2, 0) is 23.7 Å². The zero-order valence-electron chi connectivity index (χ0n) is 10.9. The second-order valence-electron chi connectivity index (χ2n) is 3.80. The van der Waals surface area contributed by atoms with E-state index in [1.807, 2.05) is 0 Å². The Labute approximate surface area is 118 Å². The van der Waals surface area contributed by atoms with Gasteiger partial charge in [0.25, 0.3) is 0 Å². The van der Waals surface area contributed by atoms with Gasteiger partial charge in [-0.25, -0.2) is 4.79 Å². The highest BCUT2D eigenvalue weighted by Gasteiger charge is 2.22. The van der Waals surface area contributed by atoms with Crippen molar-refractivity contribution in [2.45, 2.75) is 31.6 Å². The molecule has 1 heterocycles. The van der Waals surface area contributed by atoms with Crippen molar-refractivity contribution in [2.24, 2.45) is 0 Å². The molecular formula is C13H19ClO5. The van der Waals surface area contributed by atoms with Crippen molar-refractivity contribution in [1.82, 2.24) is 0 Å². The molecule has 1 rings (SSSR count). The molecule has 19 heavy (non-hydrogen) atoms. The molecule has 2 atom stereocenters. The number of allylic oxidation sites excluding steroid dienone is 2. The number of carbonyl (C=O) groups excluding carboxylic acids is 1. The molecule has 0 bridgehead atoms. The number of alkyl halides is 1. The Bertz CT molecular complexity index is 316. The van der Waals surface area contributed by atoms with E-state index >= 15 is 0 Å². The lowest BCUT2D eigenvalue weighted by atomic mass is 10.4. The Balaban J connectivity index is 2.07. The van der Waals surface area contributed by atoms with Crippen molar-refractivity contribution in [3.05, 3.63) is 24.5 Å². The molecule has 0 fully saturated rings. The maximum atomic E-state index is 11.5. The van der Waals surface area contributed by atoms with Crippen LogP contribution >= 0.6 is 11.6 Å². The lowest BCUT2D eigenvalue weighted by molar-refractivity contribution is -0.164. The summed E-state index contributed by atoms with van der Waals surface area (Å²) in [5.74, 6) is -0.646. The van der Waals surface area contributed by atoms with E-state index in [4.69, 9.17) is 30.5 Å². The van der Waals surface area contributed by atoms with Crippen molar-refractivity contribution in [1.29, 1.82) is 0 Å². The first-order chi connectivity index (χ1) is 9.24. The largest absolute Gasteiger partial charge is 0.469 e. The summed E-state index contributed by atoms with van der Waals surface area (Å²) in [4.78, 5) is 11.5. The van der Waals surface area contributed by atoms with Crippen molar-refractivity contribution in [3.8, 4) is 0 Å². The van der Waals surface area contributed by atoms with Gasteiger partial charge in [0.05, 0.1) is 12.9 Å². The van der Waals surface area contributed by atoms with Crippen LogP contribution in [0.1, 0.15) is 19.8 Å². The van der Waals surface area contributed by atoms with Gasteiger partial charge in [0.15, 0.2) is 0 Å². The molecule has 108 valence electrons. The van der Waals surface area contributed by atoms with Crippen molar-refractivity contribution in [3.63, 3.8) is 0 Å². The minimum absolute atomic E-state index is 0.163. The maximum Gasteiger partial charge on any atom is 0.351 e. The Hall–Kier alpha value is -1.04. The molecule has 1 aliphatic heterocycles. The van der Waals surface area contributed by atoms with Crippen LogP contribution in [0.2, 0.25) is 0 Å². The predicted molar refractivity (Wildman–Crippen MR) is 70.6 cm³/mol. The number of rotatable bonds is 9. The van der Waals surface area contributed by atoms with Crippen LogP contribution in [0.3, 0.4) is 0 Å². The maximum absolute atomic E-state index is 11.5. The minimum Gasteiger partial charge on any atom is -0.469 e. The van der Waals surface area contributed by atoms with Crippen LogP contribution in [0.4, 0.5) is 0 Å². The molecule has 2 unspecified atom stereocenters. The second-order valence-corrected chi connectivity index (χ2v) is 4.20. The third-order valence-electron chi connectivity index (χ3n) is 2.22. The van der Waals surface area contributed by atoms with Gasteiger partial charge in [0.2, 0.25) is 11.9 Å². The van der Waals surface area contributed by atoms with Crippen LogP contribution < -0.4 is 0 Å². The molecule has 0 saturated heterocycles. The molecule has 1 aliphatic rings. The number of unbranched alkanes of at least 4 members (excludes halogenated alkanes) is 1. The molecule has 0 amide bonds. The molecule has 5 nitrogen and oxygen atoms in total. The average molecular weight is 291 g/mol. The van der Waals surface area contributed by atoms with Crippen LogP contribution in [0.5, 0.6) is 0 Å². The Morgan fingerprint density at radius 3 is 2.89 bits per heavy atom. The molecule has 0 aliphatic carbocycles. The highest BCUT2D eigenvalue weighted by molar-refractivity contribution is 6.28. The molecule has 0 spiro atoms. The summed E-state index contributed by atoms with van der Waals surface area (Å²) in [6.45, 7) is 3.27. The summed E-state index contributed by atoms with van der Waals surface area (Å²) in [7, 11) is 0. The van der Waals surface area contributed by atoms with E-state index in [-0.39, 0.29) is 6.61 Å². The van der Waals surface area contributed by atoms with Gasteiger partial charge in [0.1, 0.15) is 6.61 Å². The topological polar surface area (TPSA) is 54.0 Å². The fourth-order valence-corrected chi connectivity index (χ4v) is 1.40. The predicted octanol–water partition coefficient (Wildman–Crippen LogP) is 2.35. The fourth-order valence-electron chi connectivity index (χ4n) is 1.23. The molecule has 0 radical (unpaired) electrons. The van der Waals surface area contributed by atoms with E-state index in [1.54, 1.807) is 18.2 Å². The molecule has 0 saturated carbocycles. The van der Waals surface area contributed by atoms with Crippen molar-refractivity contribution < 1.29 is 23.7 Å². The van der Waals surface area contributed by atoms with E-state index < -0.39 is 17.8 Å². The molecule has 0 N–H and O–H groups in total. The Morgan fingerprint density at radius 2 is 2.21 bits per heavy atom. The van der Waals surface area contributed by atoms with Gasteiger partial charge in [-0.2, -0.15) is 0 Å². The normalized spacial score (nSPS) is 18.9. The van der Waals surface area contributed by atoms with Gasteiger partial charge in [-0.1, -0.05) is 31.0 Å². The van der Waals surface area contributed by atoms with Gasteiger partial charge >= 0.3 is 5.97 Å². The zero-order valence-corrected chi connectivity index (χ0v) is 11.7. The van der Waals surface area contributed by atoms with Crippen molar-refractivity contribution in [2.75, 3.05) is 19.8 Å². The van der Waals surface area contributed by atoms with Gasteiger partial charge < -0.3 is 18.9 Å². The molecule has 0 aromatic rings. The summed E-state index contributed by atoms with van der Waals surface area (Å²) in [5.41, 5.74) is -1.20.